The molecule has 0 radical (unpaired) electrons. The number of hydrogen-bond donors (Lipinski definition) is 2. The number of carbonyl (C=O) groups excluding carboxylic acids is 2. The minimum atomic E-state index is -1.21. The van der Waals surface area contributed by atoms with Gasteiger partial charge in [0.25, 0.3) is 0 Å². The second kappa shape index (κ2) is 10.8. The smallest absolute Gasteiger partial charge is 0.331 e. The van der Waals surface area contributed by atoms with Crippen molar-refractivity contribution in [3.8, 4) is 0 Å². The molecule has 0 aliphatic heterocycles. The summed E-state index contributed by atoms with van der Waals surface area (Å²) in [5.41, 5.74) is 2.68. The quantitative estimate of drug-likeness (QED) is 0.440. The number of esters is 1. The molecule has 1 aromatic rings. The lowest BCUT2D eigenvalue weighted by atomic mass is 9.86. The fourth-order valence-electron chi connectivity index (χ4n) is 4.14. The molecule has 2 N–H and O–H groups in total. The zero-order chi connectivity index (χ0) is 24.1. The van der Waals surface area contributed by atoms with Crippen LogP contribution in [0.4, 0.5) is 0 Å². The summed E-state index contributed by atoms with van der Waals surface area (Å²) in [7, 11) is 0. The molecule has 2 unspecified atom stereocenters. The van der Waals surface area contributed by atoms with Gasteiger partial charge in [-0.3, -0.25) is 4.79 Å². The number of aryl methyl sites for hydroxylation is 1. The summed E-state index contributed by atoms with van der Waals surface area (Å²) < 4.78 is 5.59. The molecule has 0 saturated carbocycles. The SMILES string of the molecule is C=C(C(=O)O)C(CC(C)C)C(=O)NC(Cc1cccc2c1CCCC2)C(=O)OC(C)(C)C. The summed E-state index contributed by atoms with van der Waals surface area (Å²) in [6.07, 6.45) is 4.85. The van der Waals surface area contributed by atoms with Crippen LogP contribution in [0.5, 0.6) is 0 Å². The number of benzene rings is 1. The third-order valence-corrected chi connectivity index (χ3v) is 5.64. The lowest BCUT2D eigenvalue weighted by Gasteiger charge is -2.28. The molecular weight excluding hydrogens is 406 g/mol. The molecule has 2 atom stereocenters. The monoisotopic (exact) mass is 443 g/mol. The molecule has 0 aromatic heterocycles. The Morgan fingerprint density at radius 1 is 1.16 bits per heavy atom. The highest BCUT2D eigenvalue weighted by atomic mass is 16.6. The second-order valence-electron chi connectivity index (χ2n) is 10.1. The standard InChI is InChI=1S/C26H37NO5/c1-16(2)14-21(17(3)24(29)30)23(28)27-22(25(31)32-26(4,5)6)15-19-12-9-11-18-10-7-8-13-20(18)19/h9,11-12,16,21-22H,3,7-8,10,13-15H2,1-2,4-6H3,(H,27,28)(H,29,30). The molecule has 0 fully saturated rings. The largest absolute Gasteiger partial charge is 0.478 e. The Bertz CT molecular complexity index is 865. The average molecular weight is 444 g/mol. The third kappa shape index (κ3) is 7.21. The molecule has 0 heterocycles. The molecule has 32 heavy (non-hydrogen) atoms. The number of aliphatic carboxylic acids is 1. The van der Waals surface area contributed by atoms with Gasteiger partial charge >= 0.3 is 11.9 Å². The van der Waals surface area contributed by atoms with Gasteiger partial charge < -0.3 is 15.2 Å². The van der Waals surface area contributed by atoms with Gasteiger partial charge in [-0.1, -0.05) is 38.6 Å². The van der Waals surface area contributed by atoms with Crippen molar-refractivity contribution < 1.29 is 24.2 Å². The van der Waals surface area contributed by atoms with Gasteiger partial charge in [0.15, 0.2) is 0 Å². The molecule has 1 amide bonds. The van der Waals surface area contributed by atoms with Crippen molar-refractivity contribution in [1.29, 1.82) is 0 Å². The highest BCUT2D eigenvalue weighted by Gasteiger charge is 2.33. The Morgan fingerprint density at radius 2 is 1.81 bits per heavy atom. The van der Waals surface area contributed by atoms with E-state index in [0.29, 0.717) is 12.8 Å². The molecule has 1 aliphatic carbocycles. The molecule has 0 spiro atoms. The van der Waals surface area contributed by atoms with E-state index in [4.69, 9.17) is 4.74 Å². The number of carboxylic acid groups (broad SMARTS) is 1. The van der Waals surface area contributed by atoms with Crippen LogP contribution in [0.1, 0.15) is 70.6 Å². The van der Waals surface area contributed by atoms with Gasteiger partial charge in [0, 0.05) is 12.0 Å². The first-order chi connectivity index (χ1) is 14.9. The maximum atomic E-state index is 13.1. The van der Waals surface area contributed by atoms with Crippen LogP contribution in [0.15, 0.2) is 30.4 Å². The number of amides is 1. The van der Waals surface area contributed by atoms with Gasteiger partial charge in [-0.05, 0) is 75.5 Å². The molecule has 0 saturated heterocycles. The second-order valence-corrected chi connectivity index (χ2v) is 10.1. The lowest BCUT2D eigenvalue weighted by molar-refractivity contribution is -0.158. The van der Waals surface area contributed by atoms with Crippen LogP contribution in [0.25, 0.3) is 0 Å². The number of hydrogen-bond acceptors (Lipinski definition) is 4. The van der Waals surface area contributed by atoms with E-state index in [0.717, 1.165) is 31.2 Å². The van der Waals surface area contributed by atoms with Gasteiger partial charge in [-0.25, -0.2) is 9.59 Å². The van der Waals surface area contributed by atoms with E-state index in [-0.39, 0.29) is 11.5 Å². The molecule has 176 valence electrons. The van der Waals surface area contributed by atoms with Gasteiger partial charge in [0.2, 0.25) is 5.91 Å². The molecular formula is C26H37NO5. The summed E-state index contributed by atoms with van der Waals surface area (Å²) in [6.45, 7) is 12.8. The highest BCUT2D eigenvalue weighted by Crippen LogP contribution is 2.26. The average Bonchev–Trinajstić information content (AvgIpc) is 2.69. The van der Waals surface area contributed by atoms with E-state index >= 15 is 0 Å². The highest BCUT2D eigenvalue weighted by molar-refractivity contribution is 5.96. The summed E-state index contributed by atoms with van der Waals surface area (Å²) in [5.74, 6) is -3.07. The number of carboxylic acids is 1. The van der Waals surface area contributed by atoms with Gasteiger partial charge in [0.05, 0.1) is 5.92 Å². The van der Waals surface area contributed by atoms with Crippen molar-refractivity contribution >= 4 is 17.8 Å². The number of nitrogens with one attached hydrogen (secondary N) is 1. The van der Waals surface area contributed by atoms with E-state index in [9.17, 15) is 19.5 Å². The van der Waals surface area contributed by atoms with Gasteiger partial charge in [-0.2, -0.15) is 0 Å². The predicted molar refractivity (Wildman–Crippen MR) is 124 cm³/mol. The number of carbonyl (C=O) groups is 3. The van der Waals surface area contributed by atoms with Crippen LogP contribution < -0.4 is 5.32 Å². The number of rotatable bonds is 9. The molecule has 1 aromatic carbocycles. The Morgan fingerprint density at radius 3 is 2.41 bits per heavy atom. The van der Waals surface area contributed by atoms with Crippen molar-refractivity contribution in [2.24, 2.45) is 11.8 Å². The Balaban J connectivity index is 2.32. The predicted octanol–water partition coefficient (Wildman–Crippen LogP) is 4.24. The van der Waals surface area contributed by atoms with E-state index in [2.05, 4.69) is 18.0 Å². The normalized spacial score (nSPS) is 15.4. The Kier molecular flexibility index (Phi) is 8.65. The van der Waals surface area contributed by atoms with E-state index in [1.54, 1.807) is 20.8 Å². The van der Waals surface area contributed by atoms with E-state index < -0.39 is 35.4 Å². The number of ether oxygens (including phenoxy) is 1. The Labute approximate surface area is 191 Å². The molecule has 6 nitrogen and oxygen atoms in total. The maximum absolute atomic E-state index is 13.1. The molecule has 0 bridgehead atoms. The Hall–Kier alpha value is -2.63. The van der Waals surface area contributed by atoms with Crippen molar-refractivity contribution in [3.05, 3.63) is 47.0 Å². The topological polar surface area (TPSA) is 92.7 Å². The summed E-state index contributed by atoms with van der Waals surface area (Å²) in [5, 5.41) is 12.2. The lowest BCUT2D eigenvalue weighted by Crippen LogP contribution is -2.48. The van der Waals surface area contributed by atoms with Crippen LogP contribution in [0, 0.1) is 11.8 Å². The van der Waals surface area contributed by atoms with Crippen LogP contribution >= 0.6 is 0 Å². The molecule has 1 aliphatic rings. The maximum Gasteiger partial charge on any atom is 0.331 e. The van der Waals surface area contributed by atoms with Crippen LogP contribution in [0.2, 0.25) is 0 Å². The first kappa shape index (κ1) is 25.6. The first-order valence-corrected chi connectivity index (χ1v) is 11.4. The molecule has 6 heteroatoms. The fraction of sp³-hybridized carbons (Fsp3) is 0.577. The number of fused-ring (bicyclic) bond motifs is 1. The van der Waals surface area contributed by atoms with Crippen LogP contribution in [-0.4, -0.2) is 34.6 Å². The fourth-order valence-corrected chi connectivity index (χ4v) is 4.14. The van der Waals surface area contributed by atoms with Gasteiger partial charge in [0.1, 0.15) is 11.6 Å². The van der Waals surface area contributed by atoms with Crippen LogP contribution in [-0.2, 0) is 38.4 Å². The van der Waals surface area contributed by atoms with Gasteiger partial charge in [-0.15, -0.1) is 0 Å². The van der Waals surface area contributed by atoms with Crippen molar-refractivity contribution in [1.82, 2.24) is 5.32 Å². The van der Waals surface area contributed by atoms with E-state index in [1.165, 1.54) is 11.1 Å². The summed E-state index contributed by atoms with van der Waals surface area (Å²) >= 11 is 0. The van der Waals surface area contributed by atoms with Crippen molar-refractivity contribution in [2.75, 3.05) is 0 Å². The minimum absolute atomic E-state index is 0.0861. The van der Waals surface area contributed by atoms with Crippen molar-refractivity contribution in [2.45, 2.75) is 84.8 Å². The minimum Gasteiger partial charge on any atom is -0.478 e. The van der Waals surface area contributed by atoms with Crippen LogP contribution in [0.3, 0.4) is 0 Å². The zero-order valence-corrected chi connectivity index (χ0v) is 20.0. The zero-order valence-electron chi connectivity index (χ0n) is 20.0. The molecule has 2 rings (SSSR count). The van der Waals surface area contributed by atoms with E-state index in [1.807, 2.05) is 26.0 Å². The summed E-state index contributed by atoms with van der Waals surface area (Å²) in [6, 6.07) is 5.19. The van der Waals surface area contributed by atoms with Crippen molar-refractivity contribution in [3.63, 3.8) is 0 Å². The third-order valence-electron chi connectivity index (χ3n) is 5.64. The summed E-state index contributed by atoms with van der Waals surface area (Å²) in [4.78, 5) is 37.7. The first-order valence-electron chi connectivity index (χ1n) is 11.4.